The van der Waals surface area contributed by atoms with Gasteiger partial charge in [0.15, 0.2) is 5.13 Å². The van der Waals surface area contributed by atoms with Gasteiger partial charge in [-0.25, -0.2) is 9.78 Å². The van der Waals surface area contributed by atoms with Crippen molar-refractivity contribution in [3.8, 4) is 0 Å². The summed E-state index contributed by atoms with van der Waals surface area (Å²) in [4.78, 5) is 31.5. The van der Waals surface area contributed by atoms with Gasteiger partial charge >= 0.3 is 6.09 Å². The van der Waals surface area contributed by atoms with Gasteiger partial charge in [0.2, 0.25) is 5.91 Å². The number of aryl methyl sites for hydroxylation is 2. The molecular weight excluding hydrogens is 364 g/mol. The molecular formula is C19H24N4O3S. The summed E-state index contributed by atoms with van der Waals surface area (Å²) in [5, 5.41) is 6.16. The minimum absolute atomic E-state index is 0.0298. The van der Waals surface area contributed by atoms with Crippen LogP contribution in [-0.2, 0) is 22.5 Å². The Kier molecular flexibility index (Phi) is 6.08. The number of anilines is 2. The Labute approximate surface area is 162 Å². The molecule has 1 aromatic carbocycles. The predicted octanol–water partition coefficient (Wildman–Crippen LogP) is 3.33. The van der Waals surface area contributed by atoms with Crippen LogP contribution in [0.1, 0.15) is 28.6 Å². The second-order valence-corrected chi connectivity index (χ2v) is 7.70. The van der Waals surface area contributed by atoms with Crippen LogP contribution in [-0.4, -0.2) is 41.6 Å². The second kappa shape index (κ2) is 8.49. The lowest BCUT2D eigenvalue weighted by molar-refractivity contribution is -0.117. The van der Waals surface area contributed by atoms with E-state index in [1.807, 2.05) is 26.0 Å². The number of ether oxygens (including phenoxy) is 1. The zero-order valence-corrected chi connectivity index (χ0v) is 16.6. The Hall–Kier alpha value is -2.45. The molecule has 2 amide bonds. The van der Waals surface area contributed by atoms with Gasteiger partial charge in [0, 0.05) is 30.1 Å². The van der Waals surface area contributed by atoms with E-state index in [2.05, 4.69) is 26.6 Å². The van der Waals surface area contributed by atoms with Gasteiger partial charge in [0.1, 0.15) is 0 Å². The normalized spacial score (nSPS) is 13.7. The van der Waals surface area contributed by atoms with Crippen LogP contribution in [0.5, 0.6) is 0 Å². The molecule has 1 aliphatic heterocycles. The van der Waals surface area contributed by atoms with E-state index >= 15 is 0 Å². The molecule has 0 saturated heterocycles. The number of hydrogen-bond donors (Lipinski definition) is 2. The molecule has 0 radical (unpaired) electrons. The van der Waals surface area contributed by atoms with Crippen molar-refractivity contribution in [2.24, 2.45) is 0 Å². The van der Waals surface area contributed by atoms with E-state index in [0.717, 1.165) is 40.4 Å². The average molecular weight is 388 g/mol. The van der Waals surface area contributed by atoms with Crippen LogP contribution in [0.2, 0.25) is 0 Å². The minimum atomic E-state index is -0.492. The Balaban J connectivity index is 1.56. The molecule has 2 heterocycles. The minimum Gasteiger partial charge on any atom is -0.450 e. The van der Waals surface area contributed by atoms with Crippen molar-refractivity contribution in [3.63, 3.8) is 0 Å². The molecule has 0 saturated carbocycles. The Bertz CT molecular complexity index is 829. The van der Waals surface area contributed by atoms with E-state index in [1.54, 1.807) is 6.92 Å². The maximum absolute atomic E-state index is 12.4. The predicted molar refractivity (Wildman–Crippen MR) is 106 cm³/mol. The van der Waals surface area contributed by atoms with Gasteiger partial charge in [-0.05, 0) is 44.0 Å². The van der Waals surface area contributed by atoms with Crippen molar-refractivity contribution < 1.29 is 14.3 Å². The van der Waals surface area contributed by atoms with Crippen molar-refractivity contribution in [2.75, 3.05) is 30.3 Å². The summed E-state index contributed by atoms with van der Waals surface area (Å²) < 4.78 is 4.88. The first-order valence-electron chi connectivity index (χ1n) is 8.96. The van der Waals surface area contributed by atoms with E-state index in [4.69, 9.17) is 4.74 Å². The highest BCUT2D eigenvalue weighted by Crippen LogP contribution is 2.28. The largest absolute Gasteiger partial charge is 0.450 e. The van der Waals surface area contributed by atoms with Crippen LogP contribution in [0.25, 0.3) is 0 Å². The number of fused-ring (bicyclic) bond motifs is 1. The molecule has 8 heteroatoms. The molecule has 7 nitrogen and oxygen atoms in total. The van der Waals surface area contributed by atoms with Crippen LogP contribution in [0, 0.1) is 13.8 Å². The Morgan fingerprint density at radius 1 is 1.22 bits per heavy atom. The number of hydrogen-bond acceptors (Lipinski definition) is 6. The molecule has 0 bridgehead atoms. The fraction of sp³-hybridized carbons (Fsp3) is 0.421. The lowest BCUT2D eigenvalue weighted by Gasteiger charge is -2.25. The molecule has 0 aliphatic carbocycles. The summed E-state index contributed by atoms with van der Waals surface area (Å²) in [6.07, 6.45) is 0.265. The number of aromatic nitrogens is 1. The van der Waals surface area contributed by atoms with Crippen LogP contribution in [0.15, 0.2) is 18.2 Å². The van der Waals surface area contributed by atoms with Gasteiger partial charge in [-0.15, -0.1) is 0 Å². The summed E-state index contributed by atoms with van der Waals surface area (Å²) in [5.41, 5.74) is 4.06. The third-order valence-corrected chi connectivity index (χ3v) is 5.17. The van der Waals surface area contributed by atoms with Gasteiger partial charge < -0.3 is 10.1 Å². The smallest absolute Gasteiger partial charge is 0.413 e. The van der Waals surface area contributed by atoms with E-state index in [-0.39, 0.29) is 5.91 Å². The molecule has 2 N–H and O–H groups in total. The first-order chi connectivity index (χ1) is 12.9. The van der Waals surface area contributed by atoms with Gasteiger partial charge in [-0.3, -0.25) is 15.0 Å². The van der Waals surface area contributed by atoms with Crippen molar-refractivity contribution >= 4 is 34.2 Å². The monoisotopic (exact) mass is 388 g/mol. The van der Waals surface area contributed by atoms with E-state index < -0.39 is 6.09 Å². The van der Waals surface area contributed by atoms with Crippen molar-refractivity contribution in [2.45, 2.75) is 33.7 Å². The molecule has 1 aliphatic rings. The van der Waals surface area contributed by atoms with Crippen LogP contribution >= 0.6 is 11.3 Å². The van der Waals surface area contributed by atoms with Gasteiger partial charge in [-0.1, -0.05) is 17.4 Å². The van der Waals surface area contributed by atoms with Gasteiger partial charge in [0.25, 0.3) is 0 Å². The summed E-state index contributed by atoms with van der Waals surface area (Å²) in [6.45, 7) is 7.84. The average Bonchev–Trinajstić information content (AvgIpc) is 2.95. The highest BCUT2D eigenvalue weighted by molar-refractivity contribution is 7.15. The first kappa shape index (κ1) is 19.3. The molecule has 0 unspecified atom stereocenters. The van der Waals surface area contributed by atoms with E-state index in [0.29, 0.717) is 24.8 Å². The number of amides is 2. The quantitative estimate of drug-likeness (QED) is 0.821. The van der Waals surface area contributed by atoms with Crippen LogP contribution in [0.3, 0.4) is 0 Å². The third kappa shape index (κ3) is 5.27. The third-order valence-electron chi connectivity index (χ3n) is 4.17. The fourth-order valence-electron chi connectivity index (χ4n) is 3.14. The molecule has 0 atom stereocenters. The van der Waals surface area contributed by atoms with Crippen molar-refractivity contribution in [1.29, 1.82) is 0 Å². The maximum Gasteiger partial charge on any atom is 0.413 e. The molecule has 3 rings (SSSR count). The maximum atomic E-state index is 12.4. The van der Waals surface area contributed by atoms with E-state index in [1.165, 1.54) is 11.3 Å². The molecule has 27 heavy (non-hydrogen) atoms. The summed E-state index contributed by atoms with van der Waals surface area (Å²) in [5.74, 6) is -0.0298. The number of thiazole rings is 1. The zero-order chi connectivity index (χ0) is 19.4. The Morgan fingerprint density at radius 2 is 1.96 bits per heavy atom. The lowest BCUT2D eigenvalue weighted by atomic mass is 10.1. The zero-order valence-electron chi connectivity index (χ0n) is 15.8. The number of nitrogens with zero attached hydrogens (tertiary/aromatic N) is 2. The van der Waals surface area contributed by atoms with Crippen LogP contribution in [0.4, 0.5) is 15.6 Å². The van der Waals surface area contributed by atoms with Gasteiger partial charge in [0.05, 0.1) is 18.8 Å². The fourth-order valence-corrected chi connectivity index (χ4v) is 4.18. The Morgan fingerprint density at radius 3 is 2.67 bits per heavy atom. The highest BCUT2D eigenvalue weighted by Gasteiger charge is 2.23. The SMILES string of the molecule is CCOC(=O)Nc1nc2c(s1)CN(CC(=O)Nc1cc(C)cc(C)c1)CC2. The molecule has 144 valence electrons. The first-order valence-corrected chi connectivity index (χ1v) is 9.77. The van der Waals surface area contributed by atoms with Crippen molar-refractivity contribution in [1.82, 2.24) is 9.88 Å². The lowest BCUT2D eigenvalue weighted by Crippen LogP contribution is -2.36. The standard InChI is InChI=1S/C19H24N4O3S/c1-4-26-19(25)22-18-21-15-5-6-23(10-16(15)27-18)11-17(24)20-14-8-12(2)7-13(3)9-14/h7-9H,4-6,10-11H2,1-3H3,(H,20,24)(H,21,22,25). The summed E-state index contributed by atoms with van der Waals surface area (Å²) in [6, 6.07) is 6.01. The number of rotatable bonds is 5. The topological polar surface area (TPSA) is 83.6 Å². The molecule has 0 spiro atoms. The number of carbonyl (C=O) groups excluding carboxylic acids is 2. The second-order valence-electron chi connectivity index (χ2n) is 6.62. The van der Waals surface area contributed by atoms with E-state index in [9.17, 15) is 9.59 Å². The number of nitrogens with one attached hydrogen (secondary N) is 2. The molecule has 2 aromatic rings. The number of carbonyl (C=O) groups is 2. The van der Waals surface area contributed by atoms with Crippen molar-refractivity contribution in [3.05, 3.63) is 39.9 Å². The highest BCUT2D eigenvalue weighted by atomic mass is 32.1. The number of benzene rings is 1. The van der Waals surface area contributed by atoms with Gasteiger partial charge in [-0.2, -0.15) is 0 Å². The summed E-state index contributed by atoms with van der Waals surface area (Å²) >= 11 is 1.43. The molecule has 0 fully saturated rings. The molecule has 1 aromatic heterocycles. The summed E-state index contributed by atoms with van der Waals surface area (Å²) in [7, 11) is 0. The van der Waals surface area contributed by atoms with Crippen LogP contribution < -0.4 is 10.6 Å².